The fourth-order valence-corrected chi connectivity index (χ4v) is 3.31. The van der Waals surface area contributed by atoms with Crippen LogP contribution in [0.2, 0.25) is 0 Å². The van der Waals surface area contributed by atoms with Gasteiger partial charge in [0.25, 0.3) is 0 Å². The normalized spacial score (nSPS) is 11.3. The molecule has 0 radical (unpaired) electrons. The molecule has 0 bridgehead atoms. The van der Waals surface area contributed by atoms with Crippen LogP contribution in [0, 0.1) is 13.8 Å². The molecule has 0 aliphatic rings. The zero-order valence-corrected chi connectivity index (χ0v) is 15.5. The lowest BCUT2D eigenvalue weighted by Crippen LogP contribution is -2.06. The van der Waals surface area contributed by atoms with Crippen molar-refractivity contribution in [2.75, 3.05) is 6.26 Å². The van der Waals surface area contributed by atoms with Crippen molar-refractivity contribution >= 4 is 9.84 Å². The lowest BCUT2D eigenvalue weighted by molar-refractivity contribution is 0.481. The van der Waals surface area contributed by atoms with Gasteiger partial charge in [-0.25, -0.2) is 8.42 Å². The molecule has 6 heteroatoms. The summed E-state index contributed by atoms with van der Waals surface area (Å²) in [7, 11) is -3.23. The zero-order chi connectivity index (χ0) is 18.9. The van der Waals surface area contributed by atoms with E-state index in [1.165, 1.54) is 18.2 Å². The van der Waals surface area contributed by atoms with Crippen molar-refractivity contribution in [2.24, 2.45) is 0 Å². The van der Waals surface area contributed by atoms with Crippen LogP contribution < -0.4 is 10.2 Å². The van der Waals surface area contributed by atoms with Crippen LogP contribution in [0.3, 0.4) is 0 Å². The average Bonchev–Trinajstić information content (AvgIpc) is 2.55. The molecule has 1 aromatic heterocycles. The van der Waals surface area contributed by atoms with Gasteiger partial charge in [0.1, 0.15) is 23.0 Å². The molecule has 3 rings (SSSR count). The third kappa shape index (κ3) is 3.86. The van der Waals surface area contributed by atoms with Crippen LogP contribution in [-0.4, -0.2) is 14.7 Å². The highest BCUT2D eigenvalue weighted by atomic mass is 32.2. The first-order valence-electron chi connectivity index (χ1n) is 7.94. The van der Waals surface area contributed by atoms with Crippen molar-refractivity contribution in [1.29, 1.82) is 0 Å². The van der Waals surface area contributed by atoms with Crippen LogP contribution in [0.25, 0.3) is 11.1 Å². The maximum absolute atomic E-state index is 12.2. The lowest BCUT2D eigenvalue weighted by Gasteiger charge is -2.09. The minimum absolute atomic E-state index is 0.0868. The Morgan fingerprint density at radius 3 is 1.92 bits per heavy atom. The third-order valence-electron chi connectivity index (χ3n) is 3.88. The highest BCUT2D eigenvalue weighted by molar-refractivity contribution is 7.90. The van der Waals surface area contributed by atoms with E-state index in [0.717, 1.165) is 11.8 Å². The molecule has 5 nitrogen and oxygen atoms in total. The molecule has 0 unspecified atom stereocenters. The summed E-state index contributed by atoms with van der Waals surface area (Å²) in [6.45, 7) is 3.50. The molecule has 0 N–H and O–H groups in total. The SMILES string of the molecule is Cc1cc(=O)c(-c2ccc(Oc3ccc(S(C)(=O)=O)cc3)cc2)c(C)o1. The van der Waals surface area contributed by atoms with E-state index in [4.69, 9.17) is 9.15 Å². The van der Waals surface area contributed by atoms with Gasteiger partial charge >= 0.3 is 0 Å². The number of aryl methyl sites for hydroxylation is 2. The monoisotopic (exact) mass is 370 g/mol. The number of hydrogen-bond donors (Lipinski definition) is 0. The van der Waals surface area contributed by atoms with E-state index < -0.39 is 9.84 Å². The first-order valence-corrected chi connectivity index (χ1v) is 9.83. The Bertz CT molecular complexity index is 1090. The van der Waals surface area contributed by atoms with E-state index in [0.29, 0.717) is 28.6 Å². The Balaban J connectivity index is 1.84. The number of benzene rings is 2. The molecular formula is C20H18O5S. The first kappa shape index (κ1) is 17.9. The third-order valence-corrected chi connectivity index (χ3v) is 5.01. The van der Waals surface area contributed by atoms with E-state index in [1.807, 2.05) is 0 Å². The summed E-state index contributed by atoms with van der Waals surface area (Å²) in [5, 5.41) is 0. The molecule has 0 atom stereocenters. The summed E-state index contributed by atoms with van der Waals surface area (Å²) in [5.41, 5.74) is 1.19. The van der Waals surface area contributed by atoms with Gasteiger partial charge in [-0.1, -0.05) is 12.1 Å². The van der Waals surface area contributed by atoms with Gasteiger partial charge in [0.2, 0.25) is 0 Å². The maximum atomic E-state index is 12.2. The molecule has 3 aromatic rings. The van der Waals surface area contributed by atoms with Crippen molar-refractivity contribution in [2.45, 2.75) is 18.7 Å². The molecule has 2 aromatic carbocycles. The standard InChI is InChI=1S/C20H18O5S/c1-13-12-19(21)20(14(2)24-13)15-4-6-16(7-5-15)25-17-8-10-18(11-9-17)26(3,22)23/h4-12H,1-3H3. The minimum Gasteiger partial charge on any atom is -0.466 e. The molecule has 0 aliphatic carbocycles. The van der Waals surface area contributed by atoms with Gasteiger partial charge < -0.3 is 9.15 Å². The Morgan fingerprint density at radius 2 is 1.42 bits per heavy atom. The van der Waals surface area contributed by atoms with Gasteiger partial charge in [-0.15, -0.1) is 0 Å². The highest BCUT2D eigenvalue weighted by Gasteiger charge is 2.11. The molecule has 26 heavy (non-hydrogen) atoms. The van der Waals surface area contributed by atoms with Crippen LogP contribution in [0.15, 0.2) is 68.7 Å². The van der Waals surface area contributed by atoms with Crippen molar-refractivity contribution in [1.82, 2.24) is 0 Å². The first-order chi connectivity index (χ1) is 12.2. The van der Waals surface area contributed by atoms with Gasteiger partial charge in [-0.2, -0.15) is 0 Å². The average molecular weight is 370 g/mol. The van der Waals surface area contributed by atoms with Crippen LogP contribution in [0.1, 0.15) is 11.5 Å². The smallest absolute Gasteiger partial charge is 0.193 e. The second-order valence-electron chi connectivity index (χ2n) is 6.02. The van der Waals surface area contributed by atoms with E-state index in [2.05, 4.69) is 0 Å². The Morgan fingerprint density at radius 1 is 0.885 bits per heavy atom. The van der Waals surface area contributed by atoms with E-state index >= 15 is 0 Å². The predicted octanol–water partition coefficient (Wildman–Crippen LogP) is 4.12. The summed E-state index contributed by atoms with van der Waals surface area (Å²) in [4.78, 5) is 12.4. The zero-order valence-electron chi connectivity index (χ0n) is 14.6. The second-order valence-corrected chi connectivity index (χ2v) is 8.04. The van der Waals surface area contributed by atoms with Crippen LogP contribution in [0.5, 0.6) is 11.5 Å². The second kappa shape index (κ2) is 6.80. The highest BCUT2D eigenvalue weighted by Crippen LogP contribution is 2.27. The lowest BCUT2D eigenvalue weighted by atomic mass is 10.0. The summed E-state index contributed by atoms with van der Waals surface area (Å²) in [6, 6.07) is 14.7. The quantitative estimate of drug-likeness (QED) is 0.691. The summed E-state index contributed by atoms with van der Waals surface area (Å²) < 4.78 is 34.2. The topological polar surface area (TPSA) is 73.6 Å². The Kier molecular flexibility index (Phi) is 4.70. The van der Waals surface area contributed by atoms with Crippen LogP contribution >= 0.6 is 0 Å². The number of ether oxygens (including phenoxy) is 1. The molecule has 0 spiro atoms. The molecule has 1 heterocycles. The molecule has 0 amide bonds. The summed E-state index contributed by atoms with van der Waals surface area (Å²) in [6.07, 6.45) is 1.16. The van der Waals surface area contributed by atoms with Crippen molar-refractivity contribution in [3.63, 3.8) is 0 Å². The summed E-state index contributed by atoms with van der Waals surface area (Å²) >= 11 is 0. The molecule has 0 fully saturated rings. The molecule has 0 saturated heterocycles. The Labute approximate surface area is 151 Å². The van der Waals surface area contributed by atoms with Gasteiger partial charge in [0.15, 0.2) is 15.3 Å². The van der Waals surface area contributed by atoms with Crippen molar-refractivity contribution in [3.8, 4) is 22.6 Å². The minimum atomic E-state index is -3.23. The predicted molar refractivity (Wildman–Crippen MR) is 99.5 cm³/mol. The molecule has 0 saturated carbocycles. The van der Waals surface area contributed by atoms with Gasteiger partial charge in [-0.05, 0) is 55.8 Å². The van der Waals surface area contributed by atoms with E-state index in [9.17, 15) is 13.2 Å². The molecular weight excluding hydrogens is 352 g/mol. The van der Waals surface area contributed by atoms with Gasteiger partial charge in [-0.3, -0.25) is 4.79 Å². The Hall–Kier alpha value is -2.86. The summed E-state index contributed by atoms with van der Waals surface area (Å²) in [5.74, 6) is 2.25. The molecule has 0 aliphatic heterocycles. The van der Waals surface area contributed by atoms with Crippen molar-refractivity contribution in [3.05, 3.63) is 76.3 Å². The number of sulfone groups is 1. The number of hydrogen-bond acceptors (Lipinski definition) is 5. The van der Waals surface area contributed by atoms with E-state index in [-0.39, 0.29) is 10.3 Å². The fraction of sp³-hybridized carbons (Fsp3) is 0.150. The van der Waals surface area contributed by atoms with Gasteiger partial charge in [0, 0.05) is 12.3 Å². The van der Waals surface area contributed by atoms with Crippen LogP contribution in [-0.2, 0) is 9.84 Å². The van der Waals surface area contributed by atoms with Gasteiger partial charge in [0.05, 0.1) is 10.5 Å². The largest absolute Gasteiger partial charge is 0.466 e. The molecule has 134 valence electrons. The van der Waals surface area contributed by atoms with Crippen molar-refractivity contribution < 1.29 is 17.6 Å². The van der Waals surface area contributed by atoms with Crippen LogP contribution in [0.4, 0.5) is 0 Å². The fourth-order valence-electron chi connectivity index (χ4n) is 2.68. The number of rotatable bonds is 4. The van der Waals surface area contributed by atoms with E-state index in [1.54, 1.807) is 50.2 Å². The maximum Gasteiger partial charge on any atom is 0.193 e.